The predicted molar refractivity (Wildman–Crippen MR) is 125 cm³/mol. The molecule has 0 aliphatic carbocycles. The van der Waals surface area contributed by atoms with Gasteiger partial charge in [0, 0.05) is 5.69 Å². The number of nitrogens with two attached hydrogens (primary N) is 1. The van der Waals surface area contributed by atoms with E-state index in [0.717, 1.165) is 30.0 Å². The van der Waals surface area contributed by atoms with Gasteiger partial charge in [-0.25, -0.2) is 0 Å². The largest absolute Gasteiger partial charge is 0.493 e. The lowest BCUT2D eigenvalue weighted by Crippen LogP contribution is -2.01. The first-order valence-corrected chi connectivity index (χ1v) is 12.1. The molecule has 0 fully saturated rings. The van der Waals surface area contributed by atoms with Crippen molar-refractivity contribution in [3.63, 3.8) is 0 Å². The SMILES string of the molecule is CCCCCCCCCCCCCCCCCCOc1ccc(N)c(C)c1C. The first kappa shape index (κ1) is 24.9. The lowest BCUT2D eigenvalue weighted by molar-refractivity contribution is 0.302. The minimum atomic E-state index is 0.822. The van der Waals surface area contributed by atoms with Crippen LogP contribution in [0.5, 0.6) is 5.75 Å². The van der Waals surface area contributed by atoms with Gasteiger partial charge in [-0.1, -0.05) is 103 Å². The van der Waals surface area contributed by atoms with Crippen molar-refractivity contribution >= 4 is 5.69 Å². The smallest absolute Gasteiger partial charge is 0.122 e. The summed E-state index contributed by atoms with van der Waals surface area (Å²) in [6.45, 7) is 7.27. The van der Waals surface area contributed by atoms with Crippen molar-refractivity contribution in [1.29, 1.82) is 0 Å². The number of rotatable bonds is 18. The summed E-state index contributed by atoms with van der Waals surface area (Å²) >= 11 is 0. The molecule has 2 N–H and O–H groups in total. The predicted octanol–water partition coefficient (Wildman–Crippen LogP) is 8.53. The molecule has 162 valence electrons. The van der Waals surface area contributed by atoms with E-state index in [4.69, 9.17) is 10.5 Å². The maximum Gasteiger partial charge on any atom is 0.122 e. The highest BCUT2D eigenvalue weighted by Crippen LogP contribution is 2.25. The fraction of sp³-hybridized carbons (Fsp3) is 0.769. The molecule has 1 rings (SSSR count). The summed E-state index contributed by atoms with van der Waals surface area (Å²) in [5.41, 5.74) is 9.10. The Labute approximate surface area is 175 Å². The molecule has 2 heteroatoms. The van der Waals surface area contributed by atoms with Crippen LogP contribution in [0.2, 0.25) is 0 Å². The Morgan fingerprint density at radius 2 is 1.04 bits per heavy atom. The average molecular weight is 390 g/mol. The Kier molecular flexibility index (Phi) is 14.9. The number of unbranched alkanes of at least 4 members (excludes halogenated alkanes) is 15. The molecule has 0 saturated heterocycles. The van der Waals surface area contributed by atoms with Crippen molar-refractivity contribution in [1.82, 2.24) is 0 Å². The fourth-order valence-electron chi connectivity index (χ4n) is 3.81. The van der Waals surface area contributed by atoms with Crippen molar-refractivity contribution in [2.75, 3.05) is 12.3 Å². The second-order valence-corrected chi connectivity index (χ2v) is 8.55. The molecule has 0 spiro atoms. The molecule has 0 aliphatic heterocycles. The summed E-state index contributed by atoms with van der Waals surface area (Å²) in [4.78, 5) is 0. The molecule has 28 heavy (non-hydrogen) atoms. The summed E-state index contributed by atoms with van der Waals surface area (Å²) in [5.74, 6) is 0.993. The topological polar surface area (TPSA) is 35.2 Å². The van der Waals surface area contributed by atoms with Crippen LogP contribution in [-0.2, 0) is 0 Å². The van der Waals surface area contributed by atoms with Crippen molar-refractivity contribution in [3.05, 3.63) is 23.3 Å². The minimum Gasteiger partial charge on any atom is -0.493 e. The van der Waals surface area contributed by atoms with Crippen LogP contribution in [0.15, 0.2) is 12.1 Å². The van der Waals surface area contributed by atoms with Crippen LogP contribution < -0.4 is 10.5 Å². The van der Waals surface area contributed by atoms with E-state index in [1.807, 2.05) is 12.1 Å². The molecule has 0 radical (unpaired) electrons. The first-order valence-electron chi connectivity index (χ1n) is 12.1. The van der Waals surface area contributed by atoms with Gasteiger partial charge < -0.3 is 10.5 Å². The molecular weight excluding hydrogens is 342 g/mol. The Bertz CT molecular complexity index is 497. The Balaban J connectivity index is 1.83. The molecule has 0 unspecified atom stereocenters. The molecule has 0 saturated carbocycles. The van der Waals surface area contributed by atoms with Crippen LogP contribution in [0.1, 0.15) is 121 Å². The summed E-state index contributed by atoms with van der Waals surface area (Å²) in [5, 5.41) is 0. The van der Waals surface area contributed by atoms with Crippen LogP contribution in [0.4, 0.5) is 5.69 Å². The quantitative estimate of drug-likeness (QED) is 0.202. The van der Waals surface area contributed by atoms with Crippen LogP contribution in [0.25, 0.3) is 0 Å². The van der Waals surface area contributed by atoms with Gasteiger partial charge >= 0.3 is 0 Å². The molecule has 1 aromatic rings. The van der Waals surface area contributed by atoms with Gasteiger partial charge in [-0.05, 0) is 43.5 Å². The number of anilines is 1. The van der Waals surface area contributed by atoms with Gasteiger partial charge in [0.1, 0.15) is 5.75 Å². The average Bonchev–Trinajstić information content (AvgIpc) is 2.70. The molecular formula is C26H47NO. The summed E-state index contributed by atoms with van der Waals surface area (Å²) in [6.07, 6.45) is 22.4. The number of hydrogen-bond acceptors (Lipinski definition) is 2. The van der Waals surface area contributed by atoms with Gasteiger partial charge in [-0.3, -0.25) is 0 Å². The van der Waals surface area contributed by atoms with Crippen molar-refractivity contribution in [3.8, 4) is 5.75 Å². The molecule has 0 heterocycles. The third-order valence-corrected chi connectivity index (χ3v) is 6.03. The number of ether oxygens (including phenoxy) is 1. The number of nitrogen functional groups attached to an aromatic ring is 1. The van der Waals surface area contributed by atoms with Crippen molar-refractivity contribution < 1.29 is 4.74 Å². The van der Waals surface area contributed by atoms with Crippen molar-refractivity contribution in [2.24, 2.45) is 0 Å². The van der Waals surface area contributed by atoms with E-state index in [0.29, 0.717) is 0 Å². The second-order valence-electron chi connectivity index (χ2n) is 8.55. The summed E-state index contributed by atoms with van der Waals surface area (Å²) < 4.78 is 5.94. The maximum absolute atomic E-state index is 5.94. The van der Waals surface area contributed by atoms with Crippen molar-refractivity contribution in [2.45, 2.75) is 124 Å². The summed E-state index contributed by atoms with van der Waals surface area (Å²) in [6, 6.07) is 3.95. The molecule has 0 aliphatic rings. The zero-order valence-corrected chi connectivity index (χ0v) is 19.2. The van der Waals surface area contributed by atoms with E-state index >= 15 is 0 Å². The van der Waals surface area contributed by atoms with Gasteiger partial charge in [0.2, 0.25) is 0 Å². The Morgan fingerprint density at radius 1 is 0.607 bits per heavy atom. The van der Waals surface area contributed by atoms with Crippen LogP contribution >= 0.6 is 0 Å². The van der Waals surface area contributed by atoms with Gasteiger partial charge in [0.25, 0.3) is 0 Å². The van der Waals surface area contributed by atoms with E-state index in [-0.39, 0.29) is 0 Å². The van der Waals surface area contributed by atoms with Crippen LogP contribution in [0.3, 0.4) is 0 Å². The first-order chi connectivity index (χ1) is 13.7. The molecule has 0 aromatic heterocycles. The number of benzene rings is 1. The second kappa shape index (κ2) is 16.7. The normalized spacial score (nSPS) is 11.1. The van der Waals surface area contributed by atoms with E-state index in [1.165, 1.54) is 102 Å². The Morgan fingerprint density at radius 3 is 1.50 bits per heavy atom. The van der Waals surface area contributed by atoms with Crippen LogP contribution in [-0.4, -0.2) is 6.61 Å². The highest BCUT2D eigenvalue weighted by atomic mass is 16.5. The molecule has 0 atom stereocenters. The van der Waals surface area contributed by atoms with Gasteiger partial charge in [-0.2, -0.15) is 0 Å². The Hall–Kier alpha value is -1.18. The lowest BCUT2D eigenvalue weighted by atomic mass is 10.0. The number of hydrogen-bond donors (Lipinski definition) is 1. The van der Waals surface area contributed by atoms with E-state index in [1.54, 1.807) is 0 Å². The zero-order valence-electron chi connectivity index (χ0n) is 19.2. The lowest BCUT2D eigenvalue weighted by Gasteiger charge is -2.12. The van der Waals surface area contributed by atoms with Crippen LogP contribution in [0, 0.1) is 13.8 Å². The van der Waals surface area contributed by atoms with Gasteiger partial charge in [-0.15, -0.1) is 0 Å². The summed E-state index contributed by atoms with van der Waals surface area (Å²) in [7, 11) is 0. The molecule has 1 aromatic carbocycles. The van der Waals surface area contributed by atoms with Gasteiger partial charge in [0.05, 0.1) is 6.61 Å². The minimum absolute atomic E-state index is 0.822. The molecule has 0 amide bonds. The third kappa shape index (κ3) is 11.6. The van der Waals surface area contributed by atoms with Gasteiger partial charge in [0.15, 0.2) is 0 Å². The zero-order chi connectivity index (χ0) is 20.5. The van der Waals surface area contributed by atoms with E-state index < -0.39 is 0 Å². The third-order valence-electron chi connectivity index (χ3n) is 6.03. The molecule has 2 nitrogen and oxygen atoms in total. The molecule has 0 bridgehead atoms. The fourth-order valence-corrected chi connectivity index (χ4v) is 3.81. The van der Waals surface area contributed by atoms with E-state index in [2.05, 4.69) is 20.8 Å². The standard InChI is InChI=1S/C26H47NO/c1-4-5-6-7-8-9-10-11-12-13-14-15-16-17-18-19-22-28-26-21-20-25(27)23(2)24(26)3/h20-21H,4-19,22,27H2,1-3H3. The highest BCUT2D eigenvalue weighted by Gasteiger charge is 2.04. The highest BCUT2D eigenvalue weighted by molar-refractivity contribution is 5.55. The maximum atomic E-state index is 5.94. The van der Waals surface area contributed by atoms with E-state index in [9.17, 15) is 0 Å². The monoisotopic (exact) mass is 389 g/mol.